The van der Waals surface area contributed by atoms with E-state index in [0.717, 1.165) is 47.2 Å². The van der Waals surface area contributed by atoms with Crippen LogP contribution >= 0.6 is 0 Å². The molecular weight excluding hydrogens is 623 g/mol. The maximum Gasteiger partial charge on any atom is 0.407 e. The predicted molar refractivity (Wildman–Crippen MR) is 189 cm³/mol. The van der Waals surface area contributed by atoms with Gasteiger partial charge in [-0.3, -0.25) is 4.79 Å². The summed E-state index contributed by atoms with van der Waals surface area (Å²) in [5, 5.41) is 4.73. The van der Waals surface area contributed by atoms with Crippen LogP contribution in [-0.2, 0) is 34.5 Å². The first-order chi connectivity index (χ1) is 23.3. The van der Waals surface area contributed by atoms with E-state index < -0.39 is 32.5 Å². The molecule has 0 spiro atoms. The zero-order valence-electron chi connectivity index (χ0n) is 28.1. The summed E-state index contributed by atoms with van der Waals surface area (Å²) < 4.78 is 30.4. The van der Waals surface area contributed by atoms with Crippen LogP contribution in [0.15, 0.2) is 121 Å². The molecule has 1 atom stereocenters. The van der Waals surface area contributed by atoms with E-state index in [1.54, 1.807) is 0 Å². The first-order valence-electron chi connectivity index (χ1n) is 16.5. The normalized spacial score (nSPS) is 12.2. The van der Waals surface area contributed by atoms with Gasteiger partial charge >= 0.3 is 20.6 Å². The fourth-order valence-corrected chi connectivity index (χ4v) is 8.86. The molecule has 1 N–H and O–H groups in total. The molecule has 0 saturated carbocycles. The van der Waals surface area contributed by atoms with Crippen LogP contribution in [0.1, 0.15) is 63.4 Å². The Hall–Kier alpha value is -4.28. The van der Waals surface area contributed by atoms with E-state index in [1.807, 2.05) is 135 Å². The van der Waals surface area contributed by atoms with Gasteiger partial charge in [0.25, 0.3) is 0 Å². The molecule has 0 aromatic heterocycles. The third-order valence-electron chi connectivity index (χ3n) is 7.68. The van der Waals surface area contributed by atoms with E-state index in [9.17, 15) is 9.59 Å². The number of methoxy groups -OCH3 is 1. The van der Waals surface area contributed by atoms with Gasteiger partial charge < -0.3 is 28.4 Å². The topological polar surface area (TPSA) is 92.3 Å². The van der Waals surface area contributed by atoms with Gasteiger partial charge in [-0.2, -0.15) is 0 Å². The van der Waals surface area contributed by atoms with Crippen molar-refractivity contribution in [2.24, 2.45) is 0 Å². The molecular formula is C39H47NO7Si. The number of carbonyl (C=O) groups is 2. The minimum Gasteiger partial charge on any atom is -0.445 e. The lowest BCUT2D eigenvalue weighted by atomic mass is 10.1. The monoisotopic (exact) mass is 669 g/mol. The molecule has 0 heterocycles. The fourth-order valence-electron chi connectivity index (χ4n) is 5.35. The van der Waals surface area contributed by atoms with Crippen molar-refractivity contribution >= 4 is 31.0 Å². The zero-order valence-corrected chi connectivity index (χ0v) is 29.1. The van der Waals surface area contributed by atoms with Crippen molar-refractivity contribution in [1.29, 1.82) is 0 Å². The van der Waals surface area contributed by atoms with Gasteiger partial charge in [0.05, 0.1) is 12.0 Å². The van der Waals surface area contributed by atoms with Crippen molar-refractivity contribution in [1.82, 2.24) is 5.32 Å². The van der Waals surface area contributed by atoms with Crippen molar-refractivity contribution in [2.45, 2.75) is 64.4 Å². The minimum atomic E-state index is -3.30. The Kier molecular flexibility index (Phi) is 14.4. The van der Waals surface area contributed by atoms with Crippen molar-refractivity contribution in [3.63, 3.8) is 0 Å². The molecule has 1 unspecified atom stereocenters. The number of unbranched alkanes of at least 4 members (excludes halogenated alkanes) is 3. The second-order valence-electron chi connectivity index (χ2n) is 12.1. The lowest BCUT2D eigenvalue weighted by molar-refractivity contribution is -0.178. The van der Waals surface area contributed by atoms with Crippen LogP contribution in [0.3, 0.4) is 0 Å². The number of hydrogen-bond donors (Lipinski definition) is 1. The van der Waals surface area contributed by atoms with Crippen LogP contribution in [0.4, 0.5) is 4.79 Å². The summed E-state index contributed by atoms with van der Waals surface area (Å²) in [7, 11) is -1.79. The largest absolute Gasteiger partial charge is 0.445 e. The third-order valence-corrected chi connectivity index (χ3v) is 11.3. The molecule has 254 valence electrons. The molecule has 0 bridgehead atoms. The minimum absolute atomic E-state index is 0.00173. The molecule has 0 radical (unpaired) electrons. The smallest absolute Gasteiger partial charge is 0.407 e. The van der Waals surface area contributed by atoms with E-state index in [0.29, 0.717) is 13.2 Å². The molecule has 0 fully saturated rings. The fraction of sp³-hybridized carbons (Fsp3) is 0.333. The van der Waals surface area contributed by atoms with Crippen LogP contribution in [0.2, 0.25) is 0 Å². The summed E-state index contributed by atoms with van der Waals surface area (Å²) in [6.45, 7) is 5.06. The maximum absolute atomic E-state index is 13.2. The number of esters is 1. The van der Waals surface area contributed by atoms with Gasteiger partial charge in [0, 0.05) is 25.8 Å². The molecule has 0 aliphatic rings. The second-order valence-corrected chi connectivity index (χ2v) is 15.0. The highest BCUT2D eigenvalue weighted by Crippen LogP contribution is 2.26. The Bertz CT molecular complexity index is 1470. The average molecular weight is 670 g/mol. The van der Waals surface area contributed by atoms with Gasteiger partial charge in [-0.25, -0.2) is 4.79 Å². The van der Waals surface area contributed by atoms with Crippen LogP contribution in [0.25, 0.3) is 0 Å². The highest BCUT2D eigenvalue weighted by atomic mass is 28.4. The van der Waals surface area contributed by atoms with E-state index in [-0.39, 0.29) is 13.0 Å². The molecule has 9 heteroatoms. The molecule has 8 nitrogen and oxygen atoms in total. The summed E-state index contributed by atoms with van der Waals surface area (Å²) in [5.41, 5.74) is 0.782. The number of benzene rings is 4. The SMILES string of the molecule is COC(OC(=O)CC(C)(C)O[Si](OCCCCCCNC(=O)OCc1ccccc1)(c1ccccc1)c1ccccc1)c1ccccc1. The standard InChI is InChI=1S/C39H47NO7Si/c1-39(2,30-36(41)46-37(43-3)33-22-12-7-13-23-33)47-48(34-24-14-8-15-25-34,35-26-16-9-17-27-35)45-29-19-5-4-18-28-40-38(42)44-31-32-20-10-6-11-21-32/h6-17,20-27,37H,4-5,18-19,28-31H2,1-3H3,(H,40,42). The molecule has 0 aliphatic carbocycles. The molecule has 0 aliphatic heterocycles. The number of ether oxygens (including phenoxy) is 3. The third kappa shape index (κ3) is 11.5. The summed E-state index contributed by atoms with van der Waals surface area (Å²) in [4.78, 5) is 25.3. The molecule has 0 saturated heterocycles. The zero-order chi connectivity index (χ0) is 34.1. The van der Waals surface area contributed by atoms with Crippen molar-refractivity contribution < 1.29 is 32.7 Å². The van der Waals surface area contributed by atoms with Crippen LogP contribution in [0.5, 0.6) is 0 Å². The molecule has 4 aromatic carbocycles. The summed E-state index contributed by atoms with van der Waals surface area (Å²) >= 11 is 0. The van der Waals surface area contributed by atoms with Gasteiger partial charge in [-0.15, -0.1) is 0 Å². The van der Waals surface area contributed by atoms with Gasteiger partial charge in [0.1, 0.15) is 6.61 Å². The molecule has 1 amide bonds. The highest BCUT2D eigenvalue weighted by molar-refractivity contribution is 6.92. The molecule has 4 aromatic rings. The Morgan fingerprint density at radius 3 is 1.85 bits per heavy atom. The highest BCUT2D eigenvalue weighted by Gasteiger charge is 2.47. The van der Waals surface area contributed by atoms with Crippen molar-refractivity contribution in [3.8, 4) is 0 Å². The number of carbonyl (C=O) groups excluding carboxylic acids is 2. The number of nitrogens with one attached hydrogen (secondary N) is 1. The number of amides is 1. The number of rotatable bonds is 19. The number of hydrogen-bond acceptors (Lipinski definition) is 7. The number of alkyl carbamates (subject to hydrolysis) is 1. The van der Waals surface area contributed by atoms with Crippen molar-refractivity contribution in [2.75, 3.05) is 20.3 Å². The van der Waals surface area contributed by atoms with Gasteiger partial charge in [0.2, 0.25) is 6.29 Å². The second kappa shape index (κ2) is 18.9. The Labute approximate surface area is 285 Å². The van der Waals surface area contributed by atoms with E-state index in [2.05, 4.69) is 5.32 Å². The Balaban J connectivity index is 1.35. The predicted octanol–water partition coefficient (Wildman–Crippen LogP) is 6.82. The Morgan fingerprint density at radius 2 is 1.27 bits per heavy atom. The summed E-state index contributed by atoms with van der Waals surface area (Å²) in [6, 6.07) is 39.0. The first kappa shape index (κ1) is 36.6. The maximum atomic E-state index is 13.2. The summed E-state index contributed by atoms with van der Waals surface area (Å²) in [6.07, 6.45) is 2.26. The average Bonchev–Trinajstić information content (AvgIpc) is 3.11. The van der Waals surface area contributed by atoms with Gasteiger partial charge in [0.15, 0.2) is 0 Å². The first-order valence-corrected chi connectivity index (χ1v) is 18.3. The lowest BCUT2D eigenvalue weighted by Crippen LogP contribution is -2.66. The lowest BCUT2D eigenvalue weighted by Gasteiger charge is -2.39. The quantitative estimate of drug-likeness (QED) is 0.0507. The van der Waals surface area contributed by atoms with E-state index in [1.165, 1.54) is 7.11 Å². The summed E-state index contributed by atoms with van der Waals surface area (Å²) in [5.74, 6) is -0.433. The van der Waals surface area contributed by atoms with Gasteiger partial charge in [-0.1, -0.05) is 134 Å². The van der Waals surface area contributed by atoms with E-state index >= 15 is 0 Å². The van der Waals surface area contributed by atoms with E-state index in [4.69, 9.17) is 23.1 Å². The molecule has 48 heavy (non-hydrogen) atoms. The van der Waals surface area contributed by atoms with Crippen molar-refractivity contribution in [3.05, 3.63) is 132 Å². The van der Waals surface area contributed by atoms with Crippen LogP contribution < -0.4 is 15.7 Å². The van der Waals surface area contributed by atoms with Gasteiger partial charge in [-0.05, 0) is 42.6 Å². The Morgan fingerprint density at radius 1 is 0.729 bits per heavy atom. The molecule has 4 rings (SSSR count). The van der Waals surface area contributed by atoms with Crippen LogP contribution in [0, 0.1) is 0 Å². The van der Waals surface area contributed by atoms with Crippen LogP contribution in [-0.4, -0.2) is 46.5 Å².